The predicted molar refractivity (Wildman–Crippen MR) is 94.1 cm³/mol. The van der Waals surface area contributed by atoms with Gasteiger partial charge in [-0.3, -0.25) is 9.69 Å². The number of benzene rings is 1. The highest BCUT2D eigenvalue weighted by atomic mass is 16.5. The van der Waals surface area contributed by atoms with Crippen molar-refractivity contribution in [3.8, 4) is 0 Å². The van der Waals surface area contributed by atoms with Gasteiger partial charge in [0.1, 0.15) is 0 Å². The van der Waals surface area contributed by atoms with Crippen LogP contribution in [0.15, 0.2) is 18.2 Å². The van der Waals surface area contributed by atoms with E-state index in [1.165, 1.54) is 49.8 Å². The van der Waals surface area contributed by atoms with Crippen molar-refractivity contribution in [3.63, 3.8) is 0 Å². The molecule has 2 atom stereocenters. The second-order valence-electron chi connectivity index (χ2n) is 7.54. The molecule has 130 valence electrons. The molecule has 24 heavy (non-hydrogen) atoms. The third-order valence-corrected chi connectivity index (χ3v) is 5.77. The molecule has 4 nitrogen and oxygen atoms in total. The van der Waals surface area contributed by atoms with Gasteiger partial charge in [-0.2, -0.15) is 0 Å². The molecule has 0 saturated carbocycles. The maximum absolute atomic E-state index is 12.3. The Morgan fingerprint density at radius 1 is 1.21 bits per heavy atom. The lowest BCUT2D eigenvalue weighted by Crippen LogP contribution is -2.50. The number of nitrogens with one attached hydrogen (secondary N) is 1. The third kappa shape index (κ3) is 3.65. The maximum Gasteiger partial charge on any atom is 0.224 e. The molecule has 1 N–H and O–H groups in total. The number of rotatable bonds is 4. The van der Waals surface area contributed by atoms with Crippen molar-refractivity contribution in [2.45, 2.75) is 57.1 Å². The van der Waals surface area contributed by atoms with E-state index in [4.69, 9.17) is 4.74 Å². The van der Waals surface area contributed by atoms with Crippen LogP contribution in [-0.2, 0) is 28.8 Å². The summed E-state index contributed by atoms with van der Waals surface area (Å²) >= 11 is 0. The summed E-state index contributed by atoms with van der Waals surface area (Å²) in [6.07, 6.45) is 8.10. The van der Waals surface area contributed by atoms with Gasteiger partial charge in [-0.25, -0.2) is 0 Å². The average molecular weight is 328 g/mol. The molecule has 0 aromatic heterocycles. The van der Waals surface area contributed by atoms with Gasteiger partial charge in [0.25, 0.3) is 0 Å². The molecule has 1 aliphatic carbocycles. The predicted octanol–water partition coefficient (Wildman–Crippen LogP) is 2.09. The molecule has 2 unspecified atom stereocenters. The number of morpholine rings is 1. The first-order valence-electron chi connectivity index (χ1n) is 9.51. The fraction of sp³-hybridized carbons (Fsp3) is 0.650. The van der Waals surface area contributed by atoms with E-state index in [0.717, 1.165) is 25.1 Å². The van der Waals surface area contributed by atoms with E-state index in [1.54, 1.807) is 0 Å². The van der Waals surface area contributed by atoms with Crippen LogP contribution in [0.5, 0.6) is 0 Å². The summed E-state index contributed by atoms with van der Waals surface area (Å²) in [4.78, 5) is 14.8. The minimum atomic E-state index is 0.109. The number of carbonyl (C=O) groups is 1. The van der Waals surface area contributed by atoms with Gasteiger partial charge in [0, 0.05) is 19.1 Å². The molecule has 0 spiro atoms. The molecule has 1 amide bonds. The van der Waals surface area contributed by atoms with Crippen LogP contribution in [-0.4, -0.2) is 49.2 Å². The Balaban J connectivity index is 1.26. The van der Waals surface area contributed by atoms with Crippen molar-refractivity contribution in [1.82, 2.24) is 10.2 Å². The molecule has 0 bridgehead atoms. The van der Waals surface area contributed by atoms with Crippen LogP contribution in [0.1, 0.15) is 42.4 Å². The molecular weight excluding hydrogens is 300 g/mol. The van der Waals surface area contributed by atoms with Gasteiger partial charge in [-0.05, 0) is 61.8 Å². The van der Waals surface area contributed by atoms with E-state index in [2.05, 4.69) is 28.4 Å². The number of aryl methyl sites for hydroxylation is 2. The van der Waals surface area contributed by atoms with Gasteiger partial charge in [0.2, 0.25) is 5.91 Å². The summed E-state index contributed by atoms with van der Waals surface area (Å²) in [5, 5.41) is 3.07. The number of hydrogen-bond acceptors (Lipinski definition) is 3. The zero-order chi connectivity index (χ0) is 16.4. The molecule has 1 aromatic rings. The van der Waals surface area contributed by atoms with Crippen LogP contribution in [0.3, 0.4) is 0 Å². The SMILES string of the molecule is O=C(Cc1ccc2c(c1)CCCC2)NCC1CN2CCCC2CO1. The van der Waals surface area contributed by atoms with Crippen molar-refractivity contribution in [2.24, 2.45) is 0 Å². The van der Waals surface area contributed by atoms with Crippen LogP contribution in [0.2, 0.25) is 0 Å². The summed E-state index contributed by atoms with van der Waals surface area (Å²) in [6, 6.07) is 7.19. The minimum absolute atomic E-state index is 0.109. The molecule has 1 aromatic carbocycles. The summed E-state index contributed by atoms with van der Waals surface area (Å²) in [6.45, 7) is 3.61. The lowest BCUT2D eigenvalue weighted by Gasteiger charge is -2.35. The second-order valence-corrected chi connectivity index (χ2v) is 7.54. The zero-order valence-corrected chi connectivity index (χ0v) is 14.4. The van der Waals surface area contributed by atoms with E-state index in [9.17, 15) is 4.79 Å². The number of carbonyl (C=O) groups excluding carboxylic acids is 1. The quantitative estimate of drug-likeness (QED) is 0.920. The summed E-state index contributed by atoms with van der Waals surface area (Å²) < 4.78 is 5.91. The van der Waals surface area contributed by atoms with Crippen LogP contribution < -0.4 is 5.32 Å². The topological polar surface area (TPSA) is 41.6 Å². The van der Waals surface area contributed by atoms with Gasteiger partial charge in [0.05, 0.1) is 19.1 Å². The molecule has 2 heterocycles. The molecular formula is C20H28N2O2. The third-order valence-electron chi connectivity index (χ3n) is 5.77. The average Bonchev–Trinajstić information content (AvgIpc) is 3.07. The highest BCUT2D eigenvalue weighted by Gasteiger charge is 2.32. The van der Waals surface area contributed by atoms with E-state index in [1.807, 2.05) is 0 Å². The molecule has 3 aliphatic rings. The first-order valence-corrected chi connectivity index (χ1v) is 9.51. The molecule has 2 fully saturated rings. The van der Waals surface area contributed by atoms with Crippen molar-refractivity contribution < 1.29 is 9.53 Å². The fourth-order valence-electron chi connectivity index (χ4n) is 4.38. The number of amides is 1. The zero-order valence-electron chi connectivity index (χ0n) is 14.4. The highest BCUT2D eigenvalue weighted by molar-refractivity contribution is 5.78. The lowest BCUT2D eigenvalue weighted by molar-refractivity contribution is -0.121. The van der Waals surface area contributed by atoms with Crippen molar-refractivity contribution in [3.05, 3.63) is 34.9 Å². The largest absolute Gasteiger partial charge is 0.373 e. The number of fused-ring (bicyclic) bond motifs is 2. The normalized spacial score (nSPS) is 26.7. The monoisotopic (exact) mass is 328 g/mol. The van der Waals surface area contributed by atoms with E-state index in [0.29, 0.717) is 19.0 Å². The second kappa shape index (κ2) is 7.24. The number of nitrogens with zero attached hydrogens (tertiary/aromatic N) is 1. The fourth-order valence-corrected chi connectivity index (χ4v) is 4.38. The first-order chi connectivity index (χ1) is 11.8. The smallest absolute Gasteiger partial charge is 0.224 e. The molecule has 2 saturated heterocycles. The Morgan fingerprint density at radius 2 is 2.08 bits per heavy atom. The van der Waals surface area contributed by atoms with Gasteiger partial charge in [0.15, 0.2) is 0 Å². The Hall–Kier alpha value is -1.39. The summed E-state index contributed by atoms with van der Waals surface area (Å²) in [5.74, 6) is 0.109. The molecule has 4 heteroatoms. The summed E-state index contributed by atoms with van der Waals surface area (Å²) in [7, 11) is 0. The molecule has 0 radical (unpaired) electrons. The van der Waals surface area contributed by atoms with Crippen LogP contribution in [0.4, 0.5) is 0 Å². The standard InChI is InChI=1S/C20H28N2O2/c23-20(11-15-7-8-16-4-1-2-5-17(16)10-15)21-12-19-13-22-9-3-6-18(22)14-24-19/h7-8,10,18-19H,1-6,9,11-14H2,(H,21,23). The van der Waals surface area contributed by atoms with E-state index in [-0.39, 0.29) is 12.0 Å². The Bertz CT molecular complexity index is 601. The number of ether oxygens (including phenoxy) is 1. The van der Waals surface area contributed by atoms with Crippen LogP contribution in [0.25, 0.3) is 0 Å². The van der Waals surface area contributed by atoms with Gasteiger partial charge >= 0.3 is 0 Å². The van der Waals surface area contributed by atoms with Crippen LogP contribution >= 0.6 is 0 Å². The van der Waals surface area contributed by atoms with Crippen molar-refractivity contribution in [1.29, 1.82) is 0 Å². The number of hydrogen-bond donors (Lipinski definition) is 1. The van der Waals surface area contributed by atoms with E-state index >= 15 is 0 Å². The lowest BCUT2D eigenvalue weighted by atomic mass is 9.90. The van der Waals surface area contributed by atoms with E-state index < -0.39 is 0 Å². The first kappa shape index (κ1) is 16.1. The molecule has 4 rings (SSSR count). The van der Waals surface area contributed by atoms with Gasteiger partial charge in [-0.1, -0.05) is 18.2 Å². The Kier molecular flexibility index (Phi) is 4.86. The summed E-state index contributed by atoms with van der Waals surface area (Å²) in [5.41, 5.74) is 4.06. The van der Waals surface area contributed by atoms with Crippen LogP contribution in [0, 0.1) is 0 Å². The van der Waals surface area contributed by atoms with Crippen molar-refractivity contribution >= 4 is 5.91 Å². The minimum Gasteiger partial charge on any atom is -0.373 e. The molecule has 2 aliphatic heterocycles. The maximum atomic E-state index is 12.3. The Morgan fingerprint density at radius 3 is 3.00 bits per heavy atom. The Labute approximate surface area is 144 Å². The van der Waals surface area contributed by atoms with Gasteiger partial charge < -0.3 is 10.1 Å². The van der Waals surface area contributed by atoms with Gasteiger partial charge in [-0.15, -0.1) is 0 Å². The highest BCUT2D eigenvalue weighted by Crippen LogP contribution is 2.23. The van der Waals surface area contributed by atoms with Crippen molar-refractivity contribution in [2.75, 3.05) is 26.2 Å².